The molecule has 27 heavy (non-hydrogen) atoms. The van der Waals surface area contributed by atoms with Crippen molar-refractivity contribution in [3.63, 3.8) is 0 Å². The highest BCUT2D eigenvalue weighted by atomic mass is 35.5. The van der Waals surface area contributed by atoms with Crippen LogP contribution >= 0.6 is 11.6 Å². The molecule has 8 heteroatoms. The van der Waals surface area contributed by atoms with Crippen LogP contribution < -0.4 is 16.0 Å². The average Bonchev–Trinajstić information content (AvgIpc) is 2.63. The molecule has 3 atom stereocenters. The van der Waals surface area contributed by atoms with Crippen molar-refractivity contribution in [3.8, 4) is 6.07 Å². The number of nitriles is 1. The largest absolute Gasteiger partial charge is 0.352 e. The van der Waals surface area contributed by atoms with Crippen molar-refractivity contribution in [1.82, 2.24) is 16.0 Å². The van der Waals surface area contributed by atoms with E-state index in [-0.39, 0.29) is 53.6 Å². The van der Waals surface area contributed by atoms with Crippen LogP contribution in [0.5, 0.6) is 0 Å². The number of nitrogens with one attached hydrogen (secondary N) is 3. The van der Waals surface area contributed by atoms with Gasteiger partial charge in [0, 0.05) is 40.7 Å². The van der Waals surface area contributed by atoms with E-state index in [1.54, 1.807) is 0 Å². The lowest BCUT2D eigenvalue weighted by atomic mass is 9.82. The van der Waals surface area contributed by atoms with Gasteiger partial charge in [-0.25, -0.2) is 4.39 Å². The third-order valence-electron chi connectivity index (χ3n) is 5.06. The summed E-state index contributed by atoms with van der Waals surface area (Å²) in [6.07, 6.45) is 0.618. The Morgan fingerprint density at radius 2 is 2.26 bits per heavy atom. The van der Waals surface area contributed by atoms with E-state index >= 15 is 0 Å². The van der Waals surface area contributed by atoms with Crippen LogP contribution in [0.15, 0.2) is 28.8 Å². The topological polar surface area (TPSA) is 94.0 Å². The van der Waals surface area contributed by atoms with Gasteiger partial charge in [-0.15, -0.1) is 0 Å². The second-order valence-electron chi connectivity index (χ2n) is 6.84. The van der Waals surface area contributed by atoms with Gasteiger partial charge >= 0.3 is 0 Å². The van der Waals surface area contributed by atoms with Crippen molar-refractivity contribution in [1.29, 1.82) is 5.26 Å². The lowest BCUT2D eigenvalue weighted by Crippen LogP contribution is -2.57. The molecule has 2 amide bonds. The summed E-state index contributed by atoms with van der Waals surface area (Å²) in [5.41, 5.74) is 0.732. The summed E-state index contributed by atoms with van der Waals surface area (Å²) in [4.78, 5) is 24.6. The Bertz CT molecular complexity index is 849. The lowest BCUT2D eigenvalue weighted by Gasteiger charge is -2.41. The van der Waals surface area contributed by atoms with Gasteiger partial charge in [-0.05, 0) is 32.0 Å². The first-order valence-corrected chi connectivity index (χ1v) is 9.16. The minimum Gasteiger partial charge on any atom is -0.352 e. The van der Waals surface area contributed by atoms with Gasteiger partial charge in [0.1, 0.15) is 5.82 Å². The second-order valence-corrected chi connectivity index (χ2v) is 7.24. The zero-order chi connectivity index (χ0) is 19.6. The number of hydrogen-bond acceptors (Lipinski definition) is 4. The van der Waals surface area contributed by atoms with Crippen LogP contribution in [0, 0.1) is 23.1 Å². The smallest absolute Gasteiger partial charge is 0.249 e. The Labute approximate surface area is 161 Å². The molecule has 0 aromatic heterocycles. The monoisotopic (exact) mass is 390 g/mol. The van der Waals surface area contributed by atoms with Gasteiger partial charge in [0.2, 0.25) is 11.8 Å². The zero-order valence-electron chi connectivity index (χ0n) is 14.8. The molecule has 6 nitrogen and oxygen atoms in total. The number of benzene rings is 1. The summed E-state index contributed by atoms with van der Waals surface area (Å²) in [6, 6.07) is 5.98. The highest BCUT2D eigenvalue weighted by Gasteiger charge is 2.40. The summed E-state index contributed by atoms with van der Waals surface area (Å²) < 4.78 is 13.9. The highest BCUT2D eigenvalue weighted by Crippen LogP contribution is 2.34. The Morgan fingerprint density at radius 1 is 1.48 bits per heavy atom. The third kappa shape index (κ3) is 4.12. The number of carbonyl (C=O) groups excluding carboxylic acids is 2. The number of piperidine rings is 1. The van der Waals surface area contributed by atoms with E-state index in [0.717, 1.165) is 19.0 Å². The number of hydrogen-bond donors (Lipinski definition) is 3. The van der Waals surface area contributed by atoms with Gasteiger partial charge in [-0.3, -0.25) is 9.59 Å². The minimum absolute atomic E-state index is 0.0270. The molecule has 0 aliphatic carbocycles. The molecule has 0 bridgehead atoms. The van der Waals surface area contributed by atoms with Gasteiger partial charge in [-0.2, -0.15) is 5.26 Å². The summed E-state index contributed by atoms with van der Waals surface area (Å²) in [5, 5.41) is 18.0. The molecule has 3 unspecified atom stereocenters. The molecule has 1 aromatic rings. The molecule has 3 N–H and O–H groups in total. The van der Waals surface area contributed by atoms with E-state index in [0.29, 0.717) is 5.03 Å². The SMILES string of the molecule is CC1NCCC2NC(=O)C(CC(=O)NCc3ccc(C#N)cc3F)=C(Cl)C12. The predicted octanol–water partition coefficient (Wildman–Crippen LogP) is 1.69. The van der Waals surface area contributed by atoms with E-state index in [9.17, 15) is 14.0 Å². The number of fused-ring (bicyclic) bond motifs is 1. The maximum atomic E-state index is 13.9. The van der Waals surface area contributed by atoms with Crippen molar-refractivity contribution < 1.29 is 14.0 Å². The summed E-state index contributed by atoms with van der Waals surface area (Å²) in [7, 11) is 0. The van der Waals surface area contributed by atoms with Gasteiger partial charge in [0.05, 0.1) is 18.1 Å². The summed E-state index contributed by atoms with van der Waals surface area (Å²) in [5.74, 6) is -1.36. The molecule has 2 aliphatic heterocycles. The maximum absolute atomic E-state index is 13.9. The van der Waals surface area contributed by atoms with Crippen LogP contribution in [0.1, 0.15) is 30.9 Å². The number of rotatable bonds is 4. The van der Waals surface area contributed by atoms with E-state index < -0.39 is 11.7 Å². The fourth-order valence-electron chi connectivity index (χ4n) is 3.59. The molecule has 0 spiro atoms. The lowest BCUT2D eigenvalue weighted by molar-refractivity contribution is -0.124. The molecule has 1 saturated heterocycles. The Morgan fingerprint density at radius 3 is 2.96 bits per heavy atom. The second kappa shape index (κ2) is 8.07. The van der Waals surface area contributed by atoms with Crippen LogP contribution in [0.2, 0.25) is 0 Å². The molecule has 0 saturated carbocycles. The van der Waals surface area contributed by atoms with Crippen molar-refractivity contribution in [2.45, 2.75) is 38.4 Å². The molecule has 0 radical (unpaired) electrons. The molecular formula is C19H20ClFN4O2. The highest BCUT2D eigenvalue weighted by molar-refractivity contribution is 6.33. The van der Waals surface area contributed by atoms with Crippen molar-refractivity contribution in [2.75, 3.05) is 6.54 Å². The van der Waals surface area contributed by atoms with Crippen LogP contribution in [0.25, 0.3) is 0 Å². The van der Waals surface area contributed by atoms with Crippen LogP contribution in [-0.4, -0.2) is 30.4 Å². The first kappa shape index (κ1) is 19.3. The van der Waals surface area contributed by atoms with E-state index in [2.05, 4.69) is 16.0 Å². The Hall–Kier alpha value is -2.43. The van der Waals surface area contributed by atoms with Crippen LogP contribution in [-0.2, 0) is 16.1 Å². The quantitative estimate of drug-likeness (QED) is 0.729. The van der Waals surface area contributed by atoms with Crippen LogP contribution in [0.3, 0.4) is 0 Å². The van der Waals surface area contributed by atoms with E-state index in [1.807, 2.05) is 13.0 Å². The molecule has 3 rings (SSSR count). The molecule has 1 aromatic carbocycles. The summed E-state index contributed by atoms with van der Waals surface area (Å²) >= 11 is 6.47. The predicted molar refractivity (Wildman–Crippen MR) is 98.0 cm³/mol. The Kier molecular flexibility index (Phi) is 5.78. The van der Waals surface area contributed by atoms with Gasteiger partial charge in [0.25, 0.3) is 0 Å². The number of halogens is 2. The van der Waals surface area contributed by atoms with Gasteiger partial charge < -0.3 is 16.0 Å². The van der Waals surface area contributed by atoms with Gasteiger partial charge in [0.15, 0.2) is 0 Å². The van der Waals surface area contributed by atoms with Crippen molar-refractivity contribution in [2.24, 2.45) is 5.92 Å². The molecule has 2 aliphatic rings. The number of nitrogens with zero attached hydrogens (tertiary/aromatic N) is 1. The van der Waals surface area contributed by atoms with Crippen LogP contribution in [0.4, 0.5) is 4.39 Å². The zero-order valence-corrected chi connectivity index (χ0v) is 15.6. The molecule has 1 fully saturated rings. The first-order valence-electron chi connectivity index (χ1n) is 8.78. The fraction of sp³-hybridized carbons (Fsp3) is 0.421. The number of carbonyl (C=O) groups is 2. The summed E-state index contributed by atoms with van der Waals surface area (Å²) in [6.45, 7) is 2.77. The van der Waals surface area contributed by atoms with E-state index in [4.69, 9.17) is 16.9 Å². The number of amides is 2. The average molecular weight is 391 g/mol. The first-order chi connectivity index (χ1) is 12.9. The normalized spacial score (nSPS) is 24.7. The van der Waals surface area contributed by atoms with E-state index in [1.165, 1.54) is 12.1 Å². The van der Waals surface area contributed by atoms with Gasteiger partial charge in [-0.1, -0.05) is 17.7 Å². The molecule has 2 heterocycles. The molecule has 142 valence electrons. The van der Waals surface area contributed by atoms with Crippen molar-refractivity contribution >= 4 is 23.4 Å². The maximum Gasteiger partial charge on any atom is 0.249 e. The third-order valence-corrected chi connectivity index (χ3v) is 5.54. The minimum atomic E-state index is -0.563. The van der Waals surface area contributed by atoms with Crippen molar-refractivity contribution in [3.05, 3.63) is 45.7 Å². The molecular weight excluding hydrogens is 371 g/mol. The Balaban J connectivity index is 1.67. The fourth-order valence-corrected chi connectivity index (χ4v) is 4.08. The standard InChI is InChI=1S/C19H20ClFN4O2/c1-10-17-15(4-5-23-10)25-19(27)13(18(17)20)7-16(26)24-9-12-3-2-11(8-22)6-14(12)21/h2-3,6,10,15,17,23H,4-5,7,9H2,1H3,(H,24,26)(H,25,27).